The van der Waals surface area contributed by atoms with Gasteiger partial charge in [-0.15, -0.1) is 0 Å². The Hall–Kier alpha value is -1.99. The Labute approximate surface area is 234 Å². The second-order valence-corrected chi connectivity index (χ2v) is 11.4. The molecular weight excluding hydrogens is 533 g/mol. The fourth-order valence-electron chi connectivity index (χ4n) is 5.43. The summed E-state index contributed by atoms with van der Waals surface area (Å²) in [5.41, 5.74) is 1.05. The number of carbonyl (C=O) groups excluding carboxylic acids is 2. The molecule has 4 rings (SSSR count). The Morgan fingerprint density at radius 2 is 1.70 bits per heavy atom. The van der Waals surface area contributed by atoms with Gasteiger partial charge < -0.3 is 14.5 Å². The number of hydrogen-bond donors (Lipinski definition) is 0. The minimum Gasteiger partial charge on any atom is -0.490 e. The smallest absolute Gasteiger partial charge is 0.236 e. The third-order valence-electron chi connectivity index (χ3n) is 7.79. The van der Waals surface area contributed by atoms with E-state index >= 15 is 0 Å². The molecule has 1 unspecified atom stereocenters. The highest BCUT2D eigenvalue weighted by atomic mass is 35.5. The maximum absolute atomic E-state index is 13.4. The van der Waals surface area contributed by atoms with E-state index < -0.39 is 0 Å². The second-order valence-electron chi connectivity index (χ2n) is 10.2. The summed E-state index contributed by atoms with van der Waals surface area (Å²) in [7, 11) is 1.86. The average molecular weight is 567 g/mol. The number of rotatable bonds is 7. The minimum atomic E-state index is -0.142. The Balaban J connectivity index is 1.44. The van der Waals surface area contributed by atoms with Gasteiger partial charge in [-0.2, -0.15) is 0 Å². The van der Waals surface area contributed by atoms with E-state index in [1.54, 1.807) is 6.92 Å². The quantitative estimate of drug-likeness (QED) is 0.438. The lowest BCUT2D eigenvalue weighted by molar-refractivity contribution is -0.134. The van der Waals surface area contributed by atoms with Crippen molar-refractivity contribution in [1.29, 1.82) is 0 Å². The van der Waals surface area contributed by atoms with Crippen molar-refractivity contribution in [2.24, 2.45) is 5.92 Å². The fourth-order valence-corrected chi connectivity index (χ4v) is 5.86. The van der Waals surface area contributed by atoms with Crippen LogP contribution in [0.3, 0.4) is 0 Å². The third kappa shape index (κ3) is 6.91. The van der Waals surface area contributed by atoms with Gasteiger partial charge in [0.05, 0.1) is 16.6 Å². The number of hydrogen-bond acceptors (Lipinski definition) is 4. The maximum atomic E-state index is 13.4. The van der Waals surface area contributed by atoms with Crippen molar-refractivity contribution < 1.29 is 14.3 Å². The van der Waals surface area contributed by atoms with Gasteiger partial charge in [-0.1, -0.05) is 40.9 Å². The predicted octanol–water partition coefficient (Wildman–Crippen LogP) is 5.60. The molecule has 9 heteroatoms. The van der Waals surface area contributed by atoms with Crippen molar-refractivity contribution >= 4 is 46.6 Å². The predicted molar refractivity (Wildman–Crippen MR) is 149 cm³/mol. The topological polar surface area (TPSA) is 53.1 Å². The summed E-state index contributed by atoms with van der Waals surface area (Å²) in [6.07, 6.45) is 1.62. The Kier molecular flexibility index (Phi) is 9.28. The molecule has 0 spiro atoms. The van der Waals surface area contributed by atoms with E-state index in [2.05, 4.69) is 4.90 Å². The zero-order chi connectivity index (χ0) is 26.7. The van der Waals surface area contributed by atoms with E-state index in [1.165, 1.54) is 0 Å². The molecule has 0 radical (unpaired) electrons. The Morgan fingerprint density at radius 3 is 2.32 bits per heavy atom. The van der Waals surface area contributed by atoms with Crippen LogP contribution in [0.2, 0.25) is 15.1 Å². The first-order valence-corrected chi connectivity index (χ1v) is 13.9. The molecule has 0 saturated carbocycles. The largest absolute Gasteiger partial charge is 0.490 e. The van der Waals surface area contributed by atoms with Crippen molar-refractivity contribution in [2.75, 3.05) is 39.8 Å². The number of ether oxygens (including phenoxy) is 1. The zero-order valence-electron chi connectivity index (χ0n) is 21.5. The molecule has 2 aliphatic rings. The molecule has 2 saturated heterocycles. The number of nitrogens with zero attached hydrogens (tertiary/aromatic N) is 3. The molecule has 6 nitrogen and oxygen atoms in total. The number of carbonyl (C=O) groups is 2. The number of amides is 2. The van der Waals surface area contributed by atoms with E-state index in [1.807, 2.05) is 66.2 Å². The summed E-state index contributed by atoms with van der Waals surface area (Å²) in [4.78, 5) is 31.1. The molecule has 0 aromatic heterocycles. The van der Waals surface area contributed by atoms with Gasteiger partial charge in [-0.05, 0) is 61.7 Å². The number of likely N-dealkylation sites (tertiary alicyclic amines) is 2. The van der Waals surface area contributed by atoms with Crippen LogP contribution in [0.1, 0.15) is 38.2 Å². The van der Waals surface area contributed by atoms with Gasteiger partial charge >= 0.3 is 0 Å². The Bertz CT molecular complexity index is 1110. The molecule has 2 aromatic carbocycles. The highest BCUT2D eigenvalue weighted by Gasteiger charge is 2.40. The van der Waals surface area contributed by atoms with Crippen LogP contribution in [0.15, 0.2) is 42.5 Å². The van der Waals surface area contributed by atoms with Crippen molar-refractivity contribution in [3.8, 4) is 5.75 Å². The van der Waals surface area contributed by atoms with Crippen molar-refractivity contribution in [3.05, 3.63) is 63.1 Å². The zero-order valence-corrected chi connectivity index (χ0v) is 23.8. The molecule has 2 fully saturated rings. The van der Waals surface area contributed by atoms with Crippen LogP contribution in [0.4, 0.5) is 0 Å². The minimum absolute atomic E-state index is 0.0657. The second kappa shape index (κ2) is 12.2. The first-order chi connectivity index (χ1) is 17.6. The van der Waals surface area contributed by atoms with E-state index in [9.17, 15) is 9.59 Å². The van der Waals surface area contributed by atoms with Crippen LogP contribution >= 0.6 is 34.8 Å². The van der Waals surface area contributed by atoms with Crippen LogP contribution in [-0.2, 0) is 9.59 Å². The van der Waals surface area contributed by atoms with Crippen molar-refractivity contribution in [1.82, 2.24) is 14.7 Å². The third-order valence-corrected chi connectivity index (χ3v) is 8.78. The number of halogens is 3. The molecule has 0 aliphatic carbocycles. The van der Waals surface area contributed by atoms with Crippen LogP contribution in [0.5, 0.6) is 5.75 Å². The summed E-state index contributed by atoms with van der Waals surface area (Å²) in [6, 6.07) is 13.3. The van der Waals surface area contributed by atoms with Crippen LogP contribution < -0.4 is 4.74 Å². The van der Waals surface area contributed by atoms with E-state index in [4.69, 9.17) is 39.5 Å². The van der Waals surface area contributed by atoms with E-state index in [0.29, 0.717) is 34.7 Å². The molecule has 37 heavy (non-hydrogen) atoms. The van der Waals surface area contributed by atoms with Crippen LogP contribution in [0, 0.1) is 5.92 Å². The molecule has 0 bridgehead atoms. The summed E-state index contributed by atoms with van der Waals surface area (Å²) in [5, 5.41) is 1.67. The van der Waals surface area contributed by atoms with Gasteiger partial charge in [0.15, 0.2) is 0 Å². The molecule has 3 atom stereocenters. The first kappa shape index (κ1) is 28.0. The molecule has 2 aliphatic heterocycles. The lowest BCUT2D eigenvalue weighted by Gasteiger charge is -2.36. The fraction of sp³-hybridized carbons (Fsp3) is 0.500. The molecule has 0 N–H and O–H groups in total. The summed E-state index contributed by atoms with van der Waals surface area (Å²) in [6.45, 7) is 6.83. The summed E-state index contributed by atoms with van der Waals surface area (Å²) < 4.78 is 6.29. The highest BCUT2D eigenvalue weighted by Crippen LogP contribution is 2.38. The van der Waals surface area contributed by atoms with Gasteiger partial charge in [-0.3, -0.25) is 14.5 Å². The SMILES string of the molecule is CC(=O)N(C)C1CCN(CC(=O)N2CC([C@@H](C)Oc3ccc(Cl)cc3)[C@H](c3ccc(Cl)c(Cl)c3)C2)CC1. The van der Waals surface area contributed by atoms with Gasteiger partial charge in [0.25, 0.3) is 0 Å². The molecule has 2 heterocycles. The van der Waals surface area contributed by atoms with Gasteiger partial charge in [0.2, 0.25) is 11.8 Å². The first-order valence-electron chi connectivity index (χ1n) is 12.7. The molecule has 200 valence electrons. The van der Waals surface area contributed by atoms with Gasteiger partial charge in [0.1, 0.15) is 11.9 Å². The van der Waals surface area contributed by atoms with Crippen LogP contribution in [-0.4, -0.2) is 78.4 Å². The summed E-state index contributed by atoms with van der Waals surface area (Å²) >= 11 is 18.6. The maximum Gasteiger partial charge on any atom is 0.236 e. The number of piperidine rings is 1. The van der Waals surface area contributed by atoms with Gasteiger partial charge in [-0.25, -0.2) is 0 Å². The van der Waals surface area contributed by atoms with E-state index in [-0.39, 0.29) is 35.8 Å². The standard InChI is InChI=1S/C28H34Cl3N3O3/c1-18(37-23-7-5-21(29)6-8-23)24-15-34(16-25(24)20-4-9-26(30)27(31)14-20)28(36)17-33-12-10-22(11-13-33)32(3)19(2)35/h4-9,14,18,22,24-25H,10-13,15-17H2,1-3H3/t18-,24?,25+/m1/s1. The summed E-state index contributed by atoms with van der Waals surface area (Å²) in [5.74, 6) is 1.08. The van der Waals surface area contributed by atoms with Gasteiger partial charge in [0, 0.05) is 63.1 Å². The highest BCUT2D eigenvalue weighted by molar-refractivity contribution is 6.42. The molecule has 2 amide bonds. The lowest BCUT2D eigenvalue weighted by Crippen LogP contribution is -2.48. The molecular formula is C28H34Cl3N3O3. The normalized spacial score (nSPS) is 21.6. The Morgan fingerprint density at radius 1 is 1.03 bits per heavy atom. The average Bonchev–Trinajstić information content (AvgIpc) is 3.33. The number of benzene rings is 2. The molecule has 2 aromatic rings. The lowest BCUT2D eigenvalue weighted by atomic mass is 9.85. The van der Waals surface area contributed by atoms with E-state index in [0.717, 1.165) is 37.2 Å². The monoisotopic (exact) mass is 565 g/mol. The van der Waals surface area contributed by atoms with Crippen molar-refractivity contribution in [3.63, 3.8) is 0 Å². The van der Waals surface area contributed by atoms with Crippen LogP contribution in [0.25, 0.3) is 0 Å². The van der Waals surface area contributed by atoms with Crippen molar-refractivity contribution in [2.45, 2.75) is 44.8 Å².